The van der Waals surface area contributed by atoms with Gasteiger partial charge in [-0.25, -0.2) is 4.52 Å². The number of allylic oxidation sites excluding steroid dienone is 4. The van der Waals surface area contributed by atoms with Gasteiger partial charge in [-0.05, 0) is 72.0 Å². The smallest absolute Gasteiger partial charge is 0.0736 e. The van der Waals surface area contributed by atoms with E-state index in [2.05, 4.69) is 68.1 Å². The van der Waals surface area contributed by atoms with E-state index in [0.717, 1.165) is 17.8 Å². The van der Waals surface area contributed by atoms with Crippen molar-refractivity contribution in [2.45, 2.75) is 58.8 Å². The van der Waals surface area contributed by atoms with Gasteiger partial charge in [0, 0.05) is 44.5 Å². The molecule has 149 valence electrons. The van der Waals surface area contributed by atoms with Crippen LogP contribution in [-0.2, 0) is 32.7 Å². The molecule has 29 heavy (non-hydrogen) atoms. The molecule has 0 spiro atoms. The molecule has 4 aliphatic carbocycles. The Morgan fingerprint density at radius 1 is 1.07 bits per heavy atom. The quantitative estimate of drug-likeness (QED) is 0.351. The summed E-state index contributed by atoms with van der Waals surface area (Å²) in [4.78, 5) is 0. The molecule has 2 saturated carbocycles. The number of fused-ring (bicyclic) bond motifs is 6. The Morgan fingerprint density at radius 2 is 1.97 bits per heavy atom. The van der Waals surface area contributed by atoms with E-state index < -0.39 is 0 Å². The van der Waals surface area contributed by atoms with Gasteiger partial charge in [-0.2, -0.15) is 17.9 Å². The van der Waals surface area contributed by atoms with Crippen molar-refractivity contribution in [3.63, 3.8) is 0 Å². The van der Waals surface area contributed by atoms with E-state index in [-0.39, 0.29) is 32.7 Å². The zero-order valence-corrected chi connectivity index (χ0v) is 20.6. The maximum Gasteiger partial charge on any atom is 0.0736 e. The third-order valence-electron chi connectivity index (χ3n) is 9.15. The van der Waals surface area contributed by atoms with Gasteiger partial charge < -0.3 is 6.42 Å². The SMILES string of the molecule is C[C@]12CC[CH-]CC1=CCC1C2CC[C@]2(C)C(c3cnn4ccccc34)=CCC12.[Y]. The van der Waals surface area contributed by atoms with Crippen LogP contribution in [0.25, 0.3) is 11.1 Å². The molecule has 0 aliphatic heterocycles. The van der Waals surface area contributed by atoms with Crippen molar-refractivity contribution in [3.05, 3.63) is 60.3 Å². The second kappa shape index (κ2) is 7.16. The summed E-state index contributed by atoms with van der Waals surface area (Å²) in [6, 6.07) is 6.43. The van der Waals surface area contributed by atoms with Crippen molar-refractivity contribution < 1.29 is 32.7 Å². The van der Waals surface area contributed by atoms with Crippen LogP contribution in [0.3, 0.4) is 0 Å². The minimum absolute atomic E-state index is 0. The van der Waals surface area contributed by atoms with Crippen LogP contribution < -0.4 is 0 Å². The van der Waals surface area contributed by atoms with Gasteiger partial charge in [0.25, 0.3) is 0 Å². The van der Waals surface area contributed by atoms with Gasteiger partial charge in [0.15, 0.2) is 0 Å². The predicted molar refractivity (Wildman–Crippen MR) is 115 cm³/mol. The molecule has 2 aromatic rings. The largest absolute Gasteiger partial charge is 0.325 e. The van der Waals surface area contributed by atoms with Gasteiger partial charge in [0.2, 0.25) is 0 Å². The van der Waals surface area contributed by atoms with E-state index in [1.807, 2.05) is 4.52 Å². The van der Waals surface area contributed by atoms with Crippen LogP contribution >= 0.6 is 0 Å². The first-order chi connectivity index (χ1) is 13.6. The summed E-state index contributed by atoms with van der Waals surface area (Å²) in [5.41, 5.74) is 6.74. The van der Waals surface area contributed by atoms with Gasteiger partial charge in [-0.1, -0.05) is 44.1 Å². The average Bonchev–Trinajstić information content (AvgIpc) is 3.28. The summed E-state index contributed by atoms with van der Waals surface area (Å²) >= 11 is 0. The molecular formula is C26H31N2Y-. The summed E-state index contributed by atoms with van der Waals surface area (Å²) < 4.78 is 2.04. The van der Waals surface area contributed by atoms with Crippen LogP contribution in [0.4, 0.5) is 0 Å². The maximum absolute atomic E-state index is 4.64. The van der Waals surface area contributed by atoms with E-state index >= 15 is 0 Å². The fraction of sp³-hybridized carbons (Fsp3) is 0.538. The van der Waals surface area contributed by atoms with Crippen LogP contribution in [0.15, 0.2) is 48.3 Å². The van der Waals surface area contributed by atoms with Gasteiger partial charge >= 0.3 is 0 Å². The van der Waals surface area contributed by atoms with Crippen molar-refractivity contribution in [2.75, 3.05) is 0 Å². The summed E-state index contributed by atoms with van der Waals surface area (Å²) in [6.07, 6.45) is 21.1. The zero-order valence-electron chi connectivity index (χ0n) is 17.8. The molecule has 2 aromatic heterocycles. The number of rotatable bonds is 1. The van der Waals surface area contributed by atoms with E-state index in [0.29, 0.717) is 10.8 Å². The first kappa shape index (κ1) is 20.2. The van der Waals surface area contributed by atoms with E-state index in [4.69, 9.17) is 0 Å². The second-order valence-corrected chi connectivity index (χ2v) is 10.2. The van der Waals surface area contributed by atoms with Crippen LogP contribution in [0, 0.1) is 35.0 Å². The molecule has 3 unspecified atom stereocenters. The molecular weight excluding hydrogens is 429 g/mol. The third-order valence-corrected chi connectivity index (χ3v) is 9.15. The molecule has 0 saturated heterocycles. The Balaban J connectivity index is 0.00000181. The van der Waals surface area contributed by atoms with E-state index in [9.17, 15) is 0 Å². The third kappa shape index (κ3) is 2.77. The van der Waals surface area contributed by atoms with Crippen molar-refractivity contribution in [1.29, 1.82) is 0 Å². The van der Waals surface area contributed by atoms with Gasteiger partial charge in [0.05, 0.1) is 11.7 Å². The molecule has 6 rings (SSSR count). The van der Waals surface area contributed by atoms with Crippen LogP contribution in [0.2, 0.25) is 0 Å². The summed E-state index contributed by atoms with van der Waals surface area (Å²) in [5, 5.41) is 4.64. The normalized spacial score (nSPS) is 38.3. The van der Waals surface area contributed by atoms with Crippen molar-refractivity contribution >= 4 is 11.1 Å². The minimum atomic E-state index is 0. The second-order valence-electron chi connectivity index (χ2n) is 10.2. The molecule has 0 N–H and O–H groups in total. The van der Waals surface area contributed by atoms with Crippen molar-refractivity contribution in [2.24, 2.45) is 28.6 Å². The first-order valence-corrected chi connectivity index (χ1v) is 11.3. The molecule has 3 heteroatoms. The molecule has 0 bridgehead atoms. The van der Waals surface area contributed by atoms with E-state index in [1.165, 1.54) is 56.0 Å². The number of aromatic nitrogens is 2. The Kier molecular flexibility index (Phi) is 4.99. The summed E-state index contributed by atoms with van der Waals surface area (Å²) in [6.45, 7) is 5.16. The monoisotopic (exact) mass is 460 g/mol. The molecule has 0 aromatic carbocycles. The number of hydrogen-bond acceptors (Lipinski definition) is 1. The topological polar surface area (TPSA) is 17.3 Å². The maximum atomic E-state index is 4.64. The summed E-state index contributed by atoms with van der Waals surface area (Å²) in [5.74, 6) is 2.53. The van der Waals surface area contributed by atoms with Crippen LogP contribution in [0.1, 0.15) is 64.4 Å². The molecule has 4 aliphatic rings. The number of pyridine rings is 1. The fourth-order valence-corrected chi connectivity index (χ4v) is 7.61. The van der Waals surface area contributed by atoms with Gasteiger partial charge in [-0.15, -0.1) is 0 Å². The first-order valence-electron chi connectivity index (χ1n) is 11.3. The number of nitrogens with zero attached hydrogens (tertiary/aromatic N) is 2. The standard InChI is InChI=1S/C26H31N2.Y/c1-25-14-5-3-7-18(25)9-10-19-21-11-12-22(26(21,2)15-13-23(19)25)20-17-27-28-16-6-4-8-24(20)28;/h3-4,6,8-9,12,16-17,19,21,23H,5,7,10-11,13-15H2,1-2H3;/q-1;/t19?,21?,23?,25-,26-;/m0./s1. The van der Waals surface area contributed by atoms with E-state index in [1.54, 1.807) is 11.1 Å². The molecule has 2 nitrogen and oxygen atoms in total. The van der Waals surface area contributed by atoms with Crippen molar-refractivity contribution in [3.8, 4) is 0 Å². The van der Waals surface area contributed by atoms with Gasteiger partial charge in [0.1, 0.15) is 0 Å². The number of hydrogen-bond donors (Lipinski definition) is 0. The molecule has 2 heterocycles. The van der Waals surface area contributed by atoms with Crippen molar-refractivity contribution in [1.82, 2.24) is 9.61 Å². The summed E-state index contributed by atoms with van der Waals surface area (Å²) in [7, 11) is 0. The average molecular weight is 460 g/mol. The minimum Gasteiger partial charge on any atom is -0.325 e. The molecule has 0 amide bonds. The Hall–Kier alpha value is -0.726. The fourth-order valence-electron chi connectivity index (χ4n) is 7.61. The van der Waals surface area contributed by atoms with Crippen LogP contribution in [-0.4, -0.2) is 9.61 Å². The van der Waals surface area contributed by atoms with Crippen LogP contribution in [0.5, 0.6) is 0 Å². The van der Waals surface area contributed by atoms with Gasteiger partial charge in [-0.3, -0.25) is 0 Å². The Bertz CT molecular complexity index is 1000. The predicted octanol–water partition coefficient (Wildman–Crippen LogP) is 6.49. The zero-order chi connectivity index (χ0) is 18.9. The Morgan fingerprint density at radius 3 is 2.86 bits per heavy atom. The molecule has 2 fully saturated rings. The molecule has 5 atom stereocenters. The molecule has 1 radical (unpaired) electrons. The Labute approximate surface area is 200 Å².